The number of para-hydroxylation sites is 1. The van der Waals surface area contributed by atoms with Gasteiger partial charge < -0.3 is 34.6 Å². The van der Waals surface area contributed by atoms with Gasteiger partial charge in [-0.1, -0.05) is 18.2 Å². The molecule has 2 aromatic rings. The van der Waals surface area contributed by atoms with Gasteiger partial charge in [0, 0.05) is 30.3 Å². The highest BCUT2D eigenvalue weighted by atomic mass is 16.6. The molecule has 4 aliphatic heterocycles. The molecule has 0 aliphatic carbocycles. The van der Waals surface area contributed by atoms with Gasteiger partial charge in [0.25, 0.3) is 5.91 Å². The van der Waals surface area contributed by atoms with E-state index in [-0.39, 0.29) is 18.1 Å². The minimum Gasteiger partial charge on any atom is -0.490 e. The average Bonchev–Trinajstić information content (AvgIpc) is 2.92. The quantitative estimate of drug-likeness (QED) is 0.480. The van der Waals surface area contributed by atoms with E-state index in [1.165, 1.54) is 12.8 Å². The van der Waals surface area contributed by atoms with Gasteiger partial charge in [-0.3, -0.25) is 4.79 Å². The molecule has 3 fully saturated rings. The highest BCUT2D eigenvalue weighted by molar-refractivity contribution is 5.95. The molecule has 2 aromatic carbocycles. The summed E-state index contributed by atoms with van der Waals surface area (Å²) in [7, 11) is 0. The number of nitrogens with zero attached hydrogens (tertiary/aromatic N) is 1. The second-order valence-corrected chi connectivity index (χ2v) is 9.06. The Morgan fingerprint density at radius 3 is 2.32 bits per heavy atom. The molecule has 10 nitrogen and oxygen atoms in total. The fourth-order valence-corrected chi connectivity index (χ4v) is 4.57. The van der Waals surface area contributed by atoms with Gasteiger partial charge in [0.2, 0.25) is 0 Å². The Morgan fingerprint density at radius 2 is 1.70 bits per heavy atom. The van der Waals surface area contributed by atoms with Crippen molar-refractivity contribution in [1.29, 1.82) is 0 Å². The molecule has 0 aromatic heterocycles. The summed E-state index contributed by atoms with van der Waals surface area (Å²) < 4.78 is 17.6. The van der Waals surface area contributed by atoms with E-state index in [2.05, 4.69) is 10.2 Å². The van der Waals surface area contributed by atoms with Gasteiger partial charge >= 0.3 is 11.9 Å². The van der Waals surface area contributed by atoms with Crippen molar-refractivity contribution in [1.82, 2.24) is 10.2 Å². The van der Waals surface area contributed by atoms with Gasteiger partial charge in [0.15, 0.2) is 17.6 Å². The normalized spacial score (nSPS) is 23.5. The molecule has 1 amide bonds. The van der Waals surface area contributed by atoms with E-state index in [0.29, 0.717) is 48.3 Å². The number of piperidine rings is 3. The zero-order valence-electron chi connectivity index (χ0n) is 20.2. The number of rotatable bonds is 7. The summed E-state index contributed by atoms with van der Waals surface area (Å²) in [5.41, 5.74) is 0.605. The molecular formula is C27H30N2O8. The first-order chi connectivity index (χ1) is 17.9. The zero-order valence-corrected chi connectivity index (χ0v) is 20.2. The van der Waals surface area contributed by atoms with Crippen LogP contribution in [0.4, 0.5) is 0 Å². The van der Waals surface area contributed by atoms with Crippen LogP contribution in [0.2, 0.25) is 0 Å². The topological polar surface area (TPSA) is 135 Å². The lowest BCUT2D eigenvalue weighted by Gasteiger charge is -2.44. The molecule has 0 saturated carbocycles. The SMILES string of the molecule is O=C(N[C@H]1CN2CCC1CC2)c1ccc2c(c1)O[C@@H](COc1ccccc1)CO2.O=C(O)/C=C/C(=O)O. The third kappa shape index (κ3) is 7.47. The summed E-state index contributed by atoms with van der Waals surface area (Å²) >= 11 is 0. The highest BCUT2D eigenvalue weighted by Gasteiger charge is 2.35. The first-order valence-corrected chi connectivity index (χ1v) is 12.2. The summed E-state index contributed by atoms with van der Waals surface area (Å²) in [4.78, 5) is 34.4. The fraction of sp³-hybridized carbons (Fsp3) is 0.370. The first-order valence-electron chi connectivity index (χ1n) is 12.2. The van der Waals surface area contributed by atoms with Crippen LogP contribution in [-0.2, 0) is 9.59 Å². The van der Waals surface area contributed by atoms with Gasteiger partial charge in [-0.25, -0.2) is 9.59 Å². The van der Waals surface area contributed by atoms with E-state index in [9.17, 15) is 14.4 Å². The standard InChI is InChI=1S/C23H26N2O4.C4H4O4/c26-23(24-20-13-25-10-8-16(20)9-11-25)17-6-7-21-22(12-17)29-19(15-28-21)14-27-18-4-2-1-3-5-18;5-3(6)1-2-4(7)8/h1-7,12,16,19-20H,8-11,13-15H2,(H,24,26);1-2H,(H,5,6)(H,7,8)/b;2-1+/t19-,20-;/m0./s1. The Hall–Kier alpha value is -4.05. The number of hydrogen-bond acceptors (Lipinski definition) is 7. The van der Waals surface area contributed by atoms with Crippen LogP contribution in [0.15, 0.2) is 60.7 Å². The second kappa shape index (κ2) is 12.3. The third-order valence-electron chi connectivity index (χ3n) is 6.44. The summed E-state index contributed by atoms with van der Waals surface area (Å²) in [6.45, 7) is 4.09. The second-order valence-electron chi connectivity index (χ2n) is 9.06. The van der Waals surface area contributed by atoms with Crippen molar-refractivity contribution < 1.29 is 38.8 Å². The van der Waals surface area contributed by atoms with Crippen LogP contribution in [-0.4, -0.2) is 78.0 Å². The summed E-state index contributed by atoms with van der Waals surface area (Å²) in [5.74, 6) is 0.102. The number of amides is 1. The number of nitrogens with one attached hydrogen (secondary N) is 1. The van der Waals surface area contributed by atoms with Crippen LogP contribution in [0.3, 0.4) is 0 Å². The van der Waals surface area contributed by atoms with Gasteiger partial charge in [0.05, 0.1) is 0 Å². The molecule has 6 rings (SSSR count). The van der Waals surface area contributed by atoms with Crippen LogP contribution in [0.25, 0.3) is 0 Å². The predicted octanol–water partition coefficient (Wildman–Crippen LogP) is 2.44. The predicted molar refractivity (Wildman–Crippen MR) is 133 cm³/mol. The van der Waals surface area contributed by atoms with Crippen LogP contribution in [0, 0.1) is 5.92 Å². The molecule has 3 N–H and O–H groups in total. The summed E-state index contributed by atoms with van der Waals surface area (Å²) in [6, 6.07) is 15.3. The minimum absolute atomic E-state index is 0.0437. The number of fused-ring (bicyclic) bond motifs is 4. The Labute approximate surface area is 214 Å². The number of carboxylic acid groups (broad SMARTS) is 2. The van der Waals surface area contributed by atoms with Gasteiger partial charge in [-0.15, -0.1) is 0 Å². The maximum Gasteiger partial charge on any atom is 0.328 e. The summed E-state index contributed by atoms with van der Waals surface area (Å²) in [6.07, 6.45) is 3.25. The smallest absolute Gasteiger partial charge is 0.328 e. The molecule has 10 heteroatoms. The number of carbonyl (C=O) groups excluding carboxylic acids is 1. The number of ether oxygens (including phenoxy) is 3. The fourth-order valence-electron chi connectivity index (χ4n) is 4.57. The van der Waals surface area contributed by atoms with Crippen LogP contribution >= 0.6 is 0 Å². The van der Waals surface area contributed by atoms with Gasteiger partial charge in [-0.05, 0) is 62.2 Å². The molecule has 3 saturated heterocycles. The number of hydrogen-bond donors (Lipinski definition) is 3. The van der Waals surface area contributed by atoms with Crippen molar-refractivity contribution in [3.8, 4) is 17.2 Å². The number of benzene rings is 2. The maximum absolute atomic E-state index is 12.8. The van der Waals surface area contributed by atoms with Crippen molar-refractivity contribution in [2.45, 2.75) is 25.0 Å². The largest absolute Gasteiger partial charge is 0.490 e. The van der Waals surface area contributed by atoms with E-state index >= 15 is 0 Å². The van der Waals surface area contributed by atoms with Crippen LogP contribution in [0.5, 0.6) is 17.2 Å². The lowest BCUT2D eigenvalue weighted by Crippen LogP contribution is -2.57. The van der Waals surface area contributed by atoms with E-state index in [0.717, 1.165) is 25.4 Å². The molecule has 2 atom stereocenters. The molecule has 0 spiro atoms. The molecule has 4 aliphatic rings. The Morgan fingerprint density at radius 1 is 1.00 bits per heavy atom. The number of aliphatic carboxylic acids is 2. The molecule has 4 heterocycles. The van der Waals surface area contributed by atoms with Gasteiger partial charge in [-0.2, -0.15) is 0 Å². The first kappa shape index (κ1) is 26.0. The highest BCUT2D eigenvalue weighted by Crippen LogP contribution is 2.33. The van der Waals surface area contributed by atoms with Gasteiger partial charge in [0.1, 0.15) is 19.0 Å². The van der Waals surface area contributed by atoms with E-state index in [1.54, 1.807) is 12.1 Å². The third-order valence-corrected chi connectivity index (χ3v) is 6.44. The van der Waals surface area contributed by atoms with E-state index < -0.39 is 11.9 Å². The Kier molecular flexibility index (Phi) is 8.63. The Balaban J connectivity index is 0.000000349. The molecule has 0 radical (unpaired) electrons. The van der Waals surface area contributed by atoms with Crippen molar-refractivity contribution in [2.75, 3.05) is 32.8 Å². The van der Waals surface area contributed by atoms with Crippen LogP contribution in [0.1, 0.15) is 23.2 Å². The summed E-state index contributed by atoms with van der Waals surface area (Å²) in [5, 5.41) is 18.9. The minimum atomic E-state index is -1.26. The van der Waals surface area contributed by atoms with Crippen molar-refractivity contribution in [2.24, 2.45) is 5.92 Å². The number of carbonyl (C=O) groups is 3. The van der Waals surface area contributed by atoms with E-state index in [1.807, 2.05) is 36.4 Å². The van der Waals surface area contributed by atoms with E-state index in [4.69, 9.17) is 24.4 Å². The van der Waals surface area contributed by atoms with Crippen molar-refractivity contribution >= 4 is 17.8 Å². The monoisotopic (exact) mass is 510 g/mol. The zero-order chi connectivity index (χ0) is 26.2. The molecule has 0 unspecified atom stereocenters. The molecule has 37 heavy (non-hydrogen) atoms. The van der Waals surface area contributed by atoms with Crippen LogP contribution < -0.4 is 19.5 Å². The van der Waals surface area contributed by atoms with Crippen molar-refractivity contribution in [3.05, 3.63) is 66.2 Å². The Bertz CT molecular complexity index is 1110. The molecule has 2 bridgehead atoms. The number of carboxylic acids is 2. The van der Waals surface area contributed by atoms with Crippen molar-refractivity contribution in [3.63, 3.8) is 0 Å². The molecule has 196 valence electrons. The lowest BCUT2D eigenvalue weighted by molar-refractivity contribution is -0.134. The lowest BCUT2D eigenvalue weighted by atomic mass is 9.84. The average molecular weight is 511 g/mol. The maximum atomic E-state index is 12.8. The molecular weight excluding hydrogens is 480 g/mol.